The van der Waals surface area contributed by atoms with Crippen LogP contribution >= 0.6 is 12.4 Å². The summed E-state index contributed by atoms with van der Waals surface area (Å²) in [6, 6.07) is 6.07. The van der Waals surface area contributed by atoms with E-state index >= 15 is 0 Å². The molecule has 0 amide bonds. The summed E-state index contributed by atoms with van der Waals surface area (Å²) in [5, 5.41) is 3.11. The van der Waals surface area contributed by atoms with E-state index in [4.69, 9.17) is 4.74 Å². The van der Waals surface area contributed by atoms with Crippen molar-refractivity contribution < 1.29 is 21.6 Å². The van der Waals surface area contributed by atoms with Gasteiger partial charge in [-0.3, -0.25) is 0 Å². The molecule has 7 nitrogen and oxygen atoms in total. The lowest BCUT2D eigenvalue weighted by Gasteiger charge is -2.26. The minimum absolute atomic E-state index is 0. The highest BCUT2D eigenvalue weighted by Gasteiger charge is 2.25. The monoisotopic (exact) mass is 398 g/mol. The van der Waals surface area contributed by atoms with Crippen molar-refractivity contribution in [2.45, 2.75) is 11.8 Å². The highest BCUT2D eigenvalue weighted by molar-refractivity contribution is 7.91. The van der Waals surface area contributed by atoms with Gasteiger partial charge in [-0.05, 0) is 24.3 Å². The van der Waals surface area contributed by atoms with E-state index in [0.717, 1.165) is 0 Å². The van der Waals surface area contributed by atoms with Gasteiger partial charge in [0.2, 0.25) is 10.0 Å². The van der Waals surface area contributed by atoms with E-state index in [0.29, 0.717) is 31.9 Å². The van der Waals surface area contributed by atoms with Crippen molar-refractivity contribution in [1.29, 1.82) is 0 Å². The molecular formula is C14H23ClN2O5S2. The van der Waals surface area contributed by atoms with Crippen molar-refractivity contribution in [3.8, 4) is 5.75 Å². The van der Waals surface area contributed by atoms with Gasteiger partial charge >= 0.3 is 0 Å². The summed E-state index contributed by atoms with van der Waals surface area (Å²) < 4.78 is 54.5. The Morgan fingerprint density at radius 2 is 1.67 bits per heavy atom. The number of nitrogens with one attached hydrogen (secondary N) is 1. The molecular weight excluding hydrogens is 376 g/mol. The van der Waals surface area contributed by atoms with Crippen LogP contribution in [0.5, 0.6) is 5.75 Å². The van der Waals surface area contributed by atoms with Crippen molar-refractivity contribution >= 4 is 32.3 Å². The number of hydrogen-bond donors (Lipinski definition) is 1. The van der Waals surface area contributed by atoms with Gasteiger partial charge in [0, 0.05) is 31.9 Å². The van der Waals surface area contributed by atoms with E-state index in [1.807, 2.05) is 0 Å². The second-order valence-electron chi connectivity index (χ2n) is 5.21. The maximum atomic E-state index is 12.5. The van der Waals surface area contributed by atoms with Crippen LogP contribution in [-0.2, 0) is 19.9 Å². The first kappa shape index (κ1) is 21.2. The maximum absolute atomic E-state index is 12.5. The summed E-state index contributed by atoms with van der Waals surface area (Å²) in [6.07, 6.45) is 0. The molecule has 1 aromatic carbocycles. The molecule has 1 fully saturated rings. The fraction of sp³-hybridized carbons (Fsp3) is 0.571. The predicted molar refractivity (Wildman–Crippen MR) is 95.1 cm³/mol. The van der Waals surface area contributed by atoms with Gasteiger partial charge in [0.15, 0.2) is 9.84 Å². The Kier molecular flexibility index (Phi) is 7.94. The zero-order valence-electron chi connectivity index (χ0n) is 13.5. The molecule has 1 saturated heterocycles. The molecule has 0 bridgehead atoms. The largest absolute Gasteiger partial charge is 0.493 e. The third-order valence-electron chi connectivity index (χ3n) is 3.64. The van der Waals surface area contributed by atoms with Crippen LogP contribution in [0.2, 0.25) is 0 Å². The average Bonchev–Trinajstić information content (AvgIpc) is 2.56. The minimum atomic E-state index is -3.48. The number of rotatable bonds is 7. The molecule has 0 unspecified atom stereocenters. The molecule has 1 N–H and O–H groups in total. The van der Waals surface area contributed by atoms with E-state index in [-0.39, 0.29) is 35.4 Å². The van der Waals surface area contributed by atoms with Crippen LogP contribution in [0.15, 0.2) is 29.2 Å². The number of halogens is 1. The minimum Gasteiger partial charge on any atom is -0.493 e. The third-order valence-corrected chi connectivity index (χ3v) is 7.22. The van der Waals surface area contributed by atoms with Gasteiger partial charge < -0.3 is 10.1 Å². The number of ether oxygens (including phenoxy) is 1. The molecule has 0 radical (unpaired) electrons. The topological polar surface area (TPSA) is 92.8 Å². The number of sulfone groups is 1. The zero-order chi connectivity index (χ0) is 16.9. The molecule has 10 heteroatoms. The molecule has 1 aliphatic heterocycles. The van der Waals surface area contributed by atoms with Crippen molar-refractivity contribution in [1.82, 2.24) is 9.62 Å². The molecule has 0 spiro atoms. The Morgan fingerprint density at radius 3 is 2.21 bits per heavy atom. The lowest BCUT2D eigenvalue weighted by Crippen LogP contribution is -2.46. The quantitative estimate of drug-likeness (QED) is 0.719. The molecule has 1 aromatic rings. The first-order valence-electron chi connectivity index (χ1n) is 7.49. The van der Waals surface area contributed by atoms with Crippen LogP contribution in [-0.4, -0.2) is 65.4 Å². The van der Waals surface area contributed by atoms with Crippen molar-refractivity contribution in [3.05, 3.63) is 24.3 Å². The van der Waals surface area contributed by atoms with Crippen LogP contribution in [0.4, 0.5) is 0 Å². The van der Waals surface area contributed by atoms with Gasteiger partial charge in [0.05, 0.1) is 10.6 Å². The predicted octanol–water partition coefficient (Wildman–Crippen LogP) is 0.516. The van der Waals surface area contributed by atoms with E-state index < -0.39 is 19.9 Å². The van der Waals surface area contributed by atoms with Gasteiger partial charge in [-0.15, -0.1) is 12.4 Å². The first-order valence-corrected chi connectivity index (χ1v) is 10.8. The summed E-state index contributed by atoms with van der Waals surface area (Å²) in [4.78, 5) is 0.216. The van der Waals surface area contributed by atoms with Crippen LogP contribution < -0.4 is 10.1 Å². The number of sulfonamides is 1. The number of piperazine rings is 1. The summed E-state index contributed by atoms with van der Waals surface area (Å²) in [5.41, 5.74) is 0. The Bertz CT molecular complexity index is 714. The van der Waals surface area contributed by atoms with E-state index in [9.17, 15) is 16.8 Å². The van der Waals surface area contributed by atoms with Crippen LogP contribution in [0, 0.1) is 0 Å². The average molecular weight is 399 g/mol. The van der Waals surface area contributed by atoms with Gasteiger partial charge in [-0.1, -0.05) is 6.92 Å². The van der Waals surface area contributed by atoms with Gasteiger partial charge in [-0.25, -0.2) is 16.8 Å². The van der Waals surface area contributed by atoms with Crippen LogP contribution in [0.25, 0.3) is 0 Å². The molecule has 0 atom stereocenters. The van der Waals surface area contributed by atoms with Crippen molar-refractivity contribution in [3.63, 3.8) is 0 Å². The highest BCUT2D eigenvalue weighted by Crippen LogP contribution is 2.20. The summed E-state index contributed by atoms with van der Waals surface area (Å²) >= 11 is 0. The molecule has 1 heterocycles. The molecule has 1 aliphatic rings. The molecule has 0 saturated carbocycles. The van der Waals surface area contributed by atoms with Gasteiger partial charge in [-0.2, -0.15) is 4.31 Å². The fourth-order valence-electron chi connectivity index (χ4n) is 2.17. The lowest BCUT2D eigenvalue weighted by atomic mass is 10.3. The maximum Gasteiger partial charge on any atom is 0.243 e. The number of hydrogen-bond acceptors (Lipinski definition) is 6. The Morgan fingerprint density at radius 1 is 1.08 bits per heavy atom. The van der Waals surface area contributed by atoms with E-state index in [1.165, 1.54) is 16.4 Å². The standard InChI is InChI=1S/C14H22N2O5S2.ClH/c1-2-22(17,18)12-11-21-13-3-5-14(6-4-13)23(19,20)16-9-7-15-8-10-16;/h3-6,15H,2,7-12H2,1H3;1H. The molecule has 138 valence electrons. The van der Waals surface area contributed by atoms with Gasteiger partial charge in [0.1, 0.15) is 12.4 Å². The zero-order valence-corrected chi connectivity index (χ0v) is 15.9. The molecule has 2 rings (SSSR count). The lowest BCUT2D eigenvalue weighted by molar-refractivity contribution is 0.340. The molecule has 0 aliphatic carbocycles. The second-order valence-corrected chi connectivity index (χ2v) is 9.62. The Labute approximate surface area is 149 Å². The number of benzene rings is 1. The van der Waals surface area contributed by atoms with Crippen LogP contribution in [0.1, 0.15) is 6.92 Å². The number of nitrogens with zero attached hydrogens (tertiary/aromatic N) is 1. The van der Waals surface area contributed by atoms with Crippen molar-refractivity contribution in [2.24, 2.45) is 0 Å². The van der Waals surface area contributed by atoms with Crippen molar-refractivity contribution in [2.75, 3.05) is 44.3 Å². The fourth-order valence-corrected chi connectivity index (χ4v) is 4.24. The second kappa shape index (κ2) is 9.00. The molecule has 0 aromatic heterocycles. The summed E-state index contributed by atoms with van der Waals surface area (Å²) in [5.74, 6) is 0.485. The van der Waals surface area contributed by atoms with E-state index in [1.54, 1.807) is 19.1 Å². The van der Waals surface area contributed by atoms with E-state index in [2.05, 4.69) is 5.32 Å². The summed E-state index contributed by atoms with van der Waals surface area (Å²) in [7, 11) is -6.55. The van der Waals surface area contributed by atoms with Crippen LogP contribution in [0.3, 0.4) is 0 Å². The summed E-state index contributed by atoms with van der Waals surface area (Å²) in [6.45, 7) is 3.84. The highest BCUT2D eigenvalue weighted by atomic mass is 35.5. The third kappa shape index (κ3) is 5.59. The first-order chi connectivity index (χ1) is 10.8. The Balaban J connectivity index is 0.00000288. The molecule has 24 heavy (non-hydrogen) atoms. The smallest absolute Gasteiger partial charge is 0.243 e. The van der Waals surface area contributed by atoms with Gasteiger partial charge in [0.25, 0.3) is 0 Å². The SMILES string of the molecule is CCS(=O)(=O)CCOc1ccc(S(=O)(=O)N2CCNCC2)cc1.Cl. The Hall–Kier alpha value is -0.870. The normalized spacial score (nSPS) is 16.4.